The first-order valence-corrected chi connectivity index (χ1v) is 7.01. The van der Waals surface area contributed by atoms with Crippen LogP contribution >= 0.6 is 15.9 Å². The zero-order valence-electron chi connectivity index (χ0n) is 11.0. The van der Waals surface area contributed by atoms with Crippen molar-refractivity contribution in [3.8, 4) is 0 Å². The van der Waals surface area contributed by atoms with Crippen LogP contribution in [0, 0.1) is 12.7 Å². The van der Waals surface area contributed by atoms with E-state index in [0.29, 0.717) is 12.0 Å². The Kier molecular flexibility index (Phi) is 4.07. The third-order valence-corrected chi connectivity index (χ3v) is 3.95. The first kappa shape index (κ1) is 14.2. The van der Waals surface area contributed by atoms with Gasteiger partial charge in [0.1, 0.15) is 11.4 Å². The lowest BCUT2D eigenvalue weighted by Gasteiger charge is -2.30. The summed E-state index contributed by atoms with van der Waals surface area (Å²) >= 11 is 3.40. The first-order chi connectivity index (χ1) is 8.97. The molecule has 2 aromatic carbocycles. The number of halogens is 2. The summed E-state index contributed by atoms with van der Waals surface area (Å²) in [5.74, 6) is -0.331. The number of hydrogen-bond donors (Lipinski definition) is 1. The average molecular weight is 323 g/mol. The topological polar surface area (TPSA) is 20.2 Å². The van der Waals surface area contributed by atoms with Crippen LogP contribution in [0.1, 0.15) is 30.0 Å². The molecular weight excluding hydrogens is 307 g/mol. The molecule has 1 unspecified atom stereocenters. The molecule has 100 valence electrons. The number of hydrogen-bond acceptors (Lipinski definition) is 1. The van der Waals surface area contributed by atoms with Crippen molar-refractivity contribution in [2.24, 2.45) is 0 Å². The molecule has 3 heteroatoms. The lowest BCUT2D eigenvalue weighted by atomic mass is 9.82. The van der Waals surface area contributed by atoms with Crippen LogP contribution in [0.25, 0.3) is 0 Å². The third kappa shape index (κ3) is 2.72. The van der Waals surface area contributed by atoms with E-state index in [1.165, 1.54) is 12.1 Å². The largest absolute Gasteiger partial charge is 0.380 e. The molecule has 1 N–H and O–H groups in total. The third-order valence-electron chi connectivity index (χ3n) is 3.46. The molecule has 2 aromatic rings. The van der Waals surface area contributed by atoms with Gasteiger partial charge in [0.2, 0.25) is 0 Å². The maximum absolute atomic E-state index is 13.5. The van der Waals surface area contributed by atoms with E-state index in [2.05, 4.69) is 15.9 Å². The summed E-state index contributed by atoms with van der Waals surface area (Å²) in [5, 5.41) is 11.0. The Hall–Kier alpha value is -1.19. The molecule has 0 aliphatic rings. The highest BCUT2D eigenvalue weighted by Gasteiger charge is 2.31. The quantitative estimate of drug-likeness (QED) is 0.879. The Morgan fingerprint density at radius 2 is 1.95 bits per heavy atom. The molecule has 0 aliphatic carbocycles. The molecule has 0 aliphatic heterocycles. The molecule has 0 saturated heterocycles. The number of benzene rings is 2. The molecule has 0 heterocycles. The smallest absolute Gasteiger partial charge is 0.123 e. The fraction of sp³-hybridized carbons (Fsp3) is 0.250. The van der Waals surface area contributed by atoms with Gasteiger partial charge in [-0.1, -0.05) is 41.1 Å². The van der Waals surface area contributed by atoms with Crippen molar-refractivity contribution in [2.75, 3.05) is 0 Å². The summed E-state index contributed by atoms with van der Waals surface area (Å²) in [6.45, 7) is 3.78. The fourth-order valence-electron chi connectivity index (χ4n) is 2.34. The van der Waals surface area contributed by atoms with E-state index < -0.39 is 5.60 Å². The Labute approximate surface area is 121 Å². The van der Waals surface area contributed by atoms with Crippen molar-refractivity contribution < 1.29 is 9.50 Å². The summed E-state index contributed by atoms with van der Waals surface area (Å²) < 4.78 is 14.4. The summed E-state index contributed by atoms with van der Waals surface area (Å²) in [6, 6.07) is 12.0. The van der Waals surface area contributed by atoms with E-state index in [4.69, 9.17) is 0 Å². The van der Waals surface area contributed by atoms with E-state index in [0.717, 1.165) is 15.6 Å². The Bertz CT molecular complexity index is 597. The first-order valence-electron chi connectivity index (χ1n) is 6.22. The minimum Gasteiger partial charge on any atom is -0.380 e. The zero-order chi connectivity index (χ0) is 14.0. The molecule has 19 heavy (non-hydrogen) atoms. The highest BCUT2D eigenvalue weighted by molar-refractivity contribution is 9.10. The van der Waals surface area contributed by atoms with Crippen LogP contribution in [0.4, 0.5) is 4.39 Å². The van der Waals surface area contributed by atoms with Gasteiger partial charge in [-0.2, -0.15) is 0 Å². The second-order valence-corrected chi connectivity index (χ2v) is 5.60. The van der Waals surface area contributed by atoms with Crippen LogP contribution in [0.5, 0.6) is 0 Å². The van der Waals surface area contributed by atoms with Crippen LogP contribution in [0.2, 0.25) is 0 Å². The molecule has 2 rings (SSSR count). The molecule has 0 amide bonds. The molecule has 1 atom stereocenters. The van der Waals surface area contributed by atoms with Crippen molar-refractivity contribution in [1.29, 1.82) is 0 Å². The van der Waals surface area contributed by atoms with E-state index in [9.17, 15) is 9.50 Å². The van der Waals surface area contributed by atoms with Crippen molar-refractivity contribution in [2.45, 2.75) is 25.9 Å². The number of rotatable bonds is 3. The number of aryl methyl sites for hydroxylation is 1. The lowest BCUT2D eigenvalue weighted by Crippen LogP contribution is -2.27. The lowest BCUT2D eigenvalue weighted by molar-refractivity contribution is 0.0754. The van der Waals surface area contributed by atoms with E-state index >= 15 is 0 Å². The predicted molar refractivity (Wildman–Crippen MR) is 78.6 cm³/mol. The van der Waals surface area contributed by atoms with Crippen molar-refractivity contribution in [3.63, 3.8) is 0 Å². The van der Waals surface area contributed by atoms with E-state index in [1.54, 1.807) is 6.07 Å². The van der Waals surface area contributed by atoms with Gasteiger partial charge in [-0.25, -0.2) is 4.39 Å². The molecule has 0 saturated carbocycles. The maximum atomic E-state index is 13.5. The zero-order valence-corrected chi connectivity index (χ0v) is 12.5. The molecular formula is C16H16BrFO. The minimum atomic E-state index is -1.17. The Morgan fingerprint density at radius 3 is 2.58 bits per heavy atom. The molecule has 1 nitrogen and oxygen atoms in total. The Morgan fingerprint density at radius 1 is 1.21 bits per heavy atom. The second kappa shape index (κ2) is 5.43. The van der Waals surface area contributed by atoms with Gasteiger partial charge in [0.05, 0.1) is 0 Å². The van der Waals surface area contributed by atoms with Gasteiger partial charge in [-0.15, -0.1) is 0 Å². The van der Waals surface area contributed by atoms with Crippen molar-refractivity contribution in [3.05, 3.63) is 69.4 Å². The highest BCUT2D eigenvalue weighted by Crippen LogP contribution is 2.36. The van der Waals surface area contributed by atoms with Crippen LogP contribution in [0.15, 0.2) is 46.9 Å². The van der Waals surface area contributed by atoms with Gasteiger partial charge >= 0.3 is 0 Å². The van der Waals surface area contributed by atoms with Gasteiger partial charge in [0.15, 0.2) is 0 Å². The van der Waals surface area contributed by atoms with Crippen molar-refractivity contribution in [1.82, 2.24) is 0 Å². The molecule has 0 aromatic heterocycles. The SMILES string of the molecule is CCC(O)(c1cccc(Br)c1)c1cc(F)ccc1C. The summed E-state index contributed by atoms with van der Waals surface area (Å²) in [5.41, 5.74) is 1.09. The molecule has 0 fully saturated rings. The van der Waals surface area contributed by atoms with Gasteiger partial charge in [0, 0.05) is 4.47 Å². The van der Waals surface area contributed by atoms with Gasteiger partial charge in [-0.3, -0.25) is 0 Å². The molecule has 0 spiro atoms. The van der Waals surface area contributed by atoms with Crippen LogP contribution < -0.4 is 0 Å². The van der Waals surface area contributed by atoms with Crippen LogP contribution in [-0.2, 0) is 5.60 Å². The highest BCUT2D eigenvalue weighted by atomic mass is 79.9. The maximum Gasteiger partial charge on any atom is 0.123 e. The van der Waals surface area contributed by atoms with Crippen LogP contribution in [0.3, 0.4) is 0 Å². The molecule has 0 bridgehead atoms. The summed E-state index contributed by atoms with van der Waals surface area (Å²) in [4.78, 5) is 0. The van der Waals surface area contributed by atoms with Crippen LogP contribution in [-0.4, -0.2) is 5.11 Å². The fourth-order valence-corrected chi connectivity index (χ4v) is 2.73. The normalized spacial score (nSPS) is 14.2. The monoisotopic (exact) mass is 322 g/mol. The minimum absolute atomic E-state index is 0.331. The Balaban J connectivity index is 2.62. The van der Waals surface area contributed by atoms with E-state index in [-0.39, 0.29) is 5.82 Å². The second-order valence-electron chi connectivity index (χ2n) is 4.68. The van der Waals surface area contributed by atoms with E-state index in [1.807, 2.05) is 38.1 Å². The average Bonchev–Trinajstić information content (AvgIpc) is 2.40. The molecule has 0 radical (unpaired) electrons. The van der Waals surface area contributed by atoms with Gasteiger partial charge in [0.25, 0.3) is 0 Å². The standard InChI is InChI=1S/C16H16BrFO/c1-3-16(19,12-5-4-6-13(17)9-12)15-10-14(18)8-7-11(15)2/h4-10,19H,3H2,1-2H3. The van der Waals surface area contributed by atoms with Gasteiger partial charge < -0.3 is 5.11 Å². The van der Waals surface area contributed by atoms with Crippen molar-refractivity contribution >= 4 is 15.9 Å². The predicted octanol–water partition coefficient (Wildman–Crippen LogP) is 4.54. The van der Waals surface area contributed by atoms with Gasteiger partial charge in [-0.05, 0) is 54.3 Å². The summed E-state index contributed by atoms with van der Waals surface area (Å²) in [6.07, 6.45) is 0.480. The number of aliphatic hydroxyl groups is 1. The summed E-state index contributed by atoms with van der Waals surface area (Å²) in [7, 11) is 0.